The van der Waals surface area contributed by atoms with Crippen molar-refractivity contribution in [3.8, 4) is 0 Å². The van der Waals surface area contributed by atoms with Gasteiger partial charge in [-0.05, 0) is 45.7 Å². The summed E-state index contributed by atoms with van der Waals surface area (Å²) in [5.74, 6) is 0. The molecule has 0 N–H and O–H groups in total. The minimum Gasteiger partial charge on any atom is -0.374 e. The summed E-state index contributed by atoms with van der Waals surface area (Å²) in [6, 6.07) is 0.766. The Morgan fingerprint density at radius 2 is 2.00 bits per heavy atom. The number of hydrogen-bond acceptors (Lipinski definition) is 2. The second kappa shape index (κ2) is 10.2. The Morgan fingerprint density at radius 3 is 2.60 bits per heavy atom. The quantitative estimate of drug-likeness (QED) is 0.543. The molecule has 2 heteroatoms. The molecule has 0 saturated heterocycles. The van der Waals surface area contributed by atoms with Gasteiger partial charge in [0.25, 0.3) is 0 Å². The van der Waals surface area contributed by atoms with Gasteiger partial charge >= 0.3 is 0 Å². The van der Waals surface area contributed by atoms with E-state index in [9.17, 15) is 0 Å². The van der Waals surface area contributed by atoms with Crippen molar-refractivity contribution in [2.75, 3.05) is 19.7 Å². The van der Waals surface area contributed by atoms with Crippen LogP contribution in [0.1, 0.15) is 59.8 Å². The predicted octanol–water partition coefficient (Wildman–Crippen LogP) is 4.57. The van der Waals surface area contributed by atoms with Crippen molar-refractivity contribution in [1.82, 2.24) is 4.90 Å². The number of nitrogens with zero attached hydrogens (tertiary/aromatic N) is 1. The van der Waals surface area contributed by atoms with Crippen molar-refractivity contribution in [3.63, 3.8) is 0 Å². The number of allylic oxidation sites excluding steroid dienone is 3. The third-order valence-corrected chi connectivity index (χ3v) is 4.13. The zero-order valence-corrected chi connectivity index (χ0v) is 13.9. The van der Waals surface area contributed by atoms with Crippen molar-refractivity contribution in [2.24, 2.45) is 0 Å². The molecule has 116 valence electrons. The van der Waals surface area contributed by atoms with Crippen LogP contribution in [-0.2, 0) is 4.74 Å². The molecule has 0 unspecified atom stereocenters. The summed E-state index contributed by atoms with van der Waals surface area (Å²) < 4.78 is 5.90. The lowest BCUT2D eigenvalue weighted by atomic mass is 9.87. The van der Waals surface area contributed by atoms with Gasteiger partial charge in [-0.1, -0.05) is 51.0 Å². The molecular weight excluding hydrogens is 246 g/mol. The first kappa shape index (κ1) is 17.5. The summed E-state index contributed by atoms with van der Waals surface area (Å²) in [7, 11) is 0. The fourth-order valence-electron chi connectivity index (χ4n) is 2.75. The van der Waals surface area contributed by atoms with Gasteiger partial charge in [0.05, 0.1) is 12.7 Å². The van der Waals surface area contributed by atoms with Gasteiger partial charge in [0.1, 0.15) is 0 Å². The SMILES string of the molecule is CC/C=C(C)\C=C/COC1CC(N(CC)CCCC)C1. The van der Waals surface area contributed by atoms with Crippen LogP contribution in [0.5, 0.6) is 0 Å². The smallest absolute Gasteiger partial charge is 0.0654 e. The van der Waals surface area contributed by atoms with E-state index in [1.165, 1.54) is 44.3 Å². The Labute approximate surface area is 125 Å². The number of hydrogen-bond donors (Lipinski definition) is 0. The Morgan fingerprint density at radius 1 is 1.25 bits per heavy atom. The van der Waals surface area contributed by atoms with Crippen molar-refractivity contribution in [2.45, 2.75) is 71.9 Å². The van der Waals surface area contributed by atoms with Crippen LogP contribution in [0.15, 0.2) is 23.8 Å². The zero-order chi connectivity index (χ0) is 14.8. The second-order valence-corrected chi connectivity index (χ2v) is 5.82. The van der Waals surface area contributed by atoms with Crippen LogP contribution < -0.4 is 0 Å². The normalized spacial score (nSPS) is 23.6. The molecule has 1 aliphatic rings. The molecule has 1 fully saturated rings. The van der Waals surface area contributed by atoms with Crippen LogP contribution in [0.3, 0.4) is 0 Å². The largest absolute Gasteiger partial charge is 0.374 e. The first-order valence-electron chi connectivity index (χ1n) is 8.40. The summed E-state index contributed by atoms with van der Waals surface area (Å²) in [5.41, 5.74) is 1.33. The highest BCUT2D eigenvalue weighted by atomic mass is 16.5. The van der Waals surface area contributed by atoms with E-state index in [0.29, 0.717) is 6.10 Å². The maximum absolute atomic E-state index is 5.90. The van der Waals surface area contributed by atoms with E-state index in [0.717, 1.165) is 19.1 Å². The zero-order valence-electron chi connectivity index (χ0n) is 13.9. The molecule has 0 aliphatic heterocycles. The van der Waals surface area contributed by atoms with E-state index in [2.05, 4.69) is 50.8 Å². The highest BCUT2D eigenvalue weighted by molar-refractivity contribution is 5.15. The first-order valence-corrected chi connectivity index (χ1v) is 8.40. The number of rotatable bonds is 10. The van der Waals surface area contributed by atoms with Crippen LogP contribution in [-0.4, -0.2) is 36.7 Å². The Balaban J connectivity index is 2.14. The van der Waals surface area contributed by atoms with Crippen molar-refractivity contribution < 1.29 is 4.74 Å². The third kappa shape index (κ3) is 6.23. The van der Waals surface area contributed by atoms with Crippen LogP contribution in [0, 0.1) is 0 Å². The Kier molecular flexibility index (Phi) is 8.88. The highest BCUT2D eigenvalue weighted by Crippen LogP contribution is 2.28. The molecule has 0 heterocycles. The molecule has 0 bridgehead atoms. The van der Waals surface area contributed by atoms with Gasteiger partial charge < -0.3 is 9.64 Å². The average molecular weight is 279 g/mol. The van der Waals surface area contributed by atoms with Crippen molar-refractivity contribution in [1.29, 1.82) is 0 Å². The van der Waals surface area contributed by atoms with Gasteiger partial charge in [0.15, 0.2) is 0 Å². The molecule has 0 atom stereocenters. The van der Waals surface area contributed by atoms with Gasteiger partial charge in [-0.15, -0.1) is 0 Å². The average Bonchev–Trinajstić information content (AvgIpc) is 2.39. The third-order valence-electron chi connectivity index (χ3n) is 4.13. The molecule has 0 aromatic carbocycles. The lowest BCUT2D eigenvalue weighted by Gasteiger charge is -2.42. The van der Waals surface area contributed by atoms with Gasteiger partial charge in [0, 0.05) is 6.04 Å². The number of unbranched alkanes of at least 4 members (excludes halogenated alkanes) is 1. The topological polar surface area (TPSA) is 12.5 Å². The summed E-state index contributed by atoms with van der Waals surface area (Å²) in [6.45, 7) is 12.0. The molecule has 1 rings (SSSR count). The number of ether oxygens (including phenoxy) is 1. The van der Waals surface area contributed by atoms with Crippen molar-refractivity contribution in [3.05, 3.63) is 23.8 Å². The van der Waals surface area contributed by atoms with Gasteiger partial charge in [0.2, 0.25) is 0 Å². The highest BCUT2D eigenvalue weighted by Gasteiger charge is 2.32. The molecular formula is C18H33NO. The van der Waals surface area contributed by atoms with Crippen LogP contribution in [0.4, 0.5) is 0 Å². The predicted molar refractivity (Wildman–Crippen MR) is 88.1 cm³/mol. The molecule has 0 aromatic rings. The van der Waals surface area contributed by atoms with E-state index < -0.39 is 0 Å². The minimum atomic E-state index is 0.482. The fourth-order valence-corrected chi connectivity index (χ4v) is 2.75. The monoisotopic (exact) mass is 279 g/mol. The fraction of sp³-hybridized carbons (Fsp3) is 0.778. The second-order valence-electron chi connectivity index (χ2n) is 5.82. The molecule has 1 aliphatic carbocycles. The lowest BCUT2D eigenvalue weighted by molar-refractivity contribution is -0.0397. The molecule has 20 heavy (non-hydrogen) atoms. The summed E-state index contributed by atoms with van der Waals surface area (Å²) in [6.07, 6.45) is 13.2. The molecule has 0 radical (unpaired) electrons. The van der Waals surface area contributed by atoms with Crippen LogP contribution >= 0.6 is 0 Å². The van der Waals surface area contributed by atoms with Gasteiger partial charge in [-0.3, -0.25) is 0 Å². The van der Waals surface area contributed by atoms with Crippen LogP contribution in [0.2, 0.25) is 0 Å². The maximum atomic E-state index is 5.90. The molecule has 0 aromatic heterocycles. The van der Waals surface area contributed by atoms with E-state index in [1.807, 2.05) is 0 Å². The lowest BCUT2D eigenvalue weighted by Crippen LogP contribution is -2.48. The van der Waals surface area contributed by atoms with E-state index >= 15 is 0 Å². The molecule has 0 spiro atoms. The Bertz CT molecular complexity index is 303. The van der Waals surface area contributed by atoms with E-state index in [1.54, 1.807) is 0 Å². The van der Waals surface area contributed by atoms with E-state index in [-0.39, 0.29) is 0 Å². The summed E-state index contributed by atoms with van der Waals surface area (Å²) in [4.78, 5) is 2.62. The minimum absolute atomic E-state index is 0.482. The standard InChI is InChI=1S/C18H33NO/c1-5-8-12-19(7-3)17-14-18(15-17)20-13-9-11-16(4)10-6-2/h9-11,17-18H,5-8,12-15H2,1-4H3/b11-9-,16-10-. The van der Waals surface area contributed by atoms with Crippen LogP contribution in [0.25, 0.3) is 0 Å². The van der Waals surface area contributed by atoms with Crippen molar-refractivity contribution >= 4 is 0 Å². The van der Waals surface area contributed by atoms with Gasteiger partial charge in [-0.25, -0.2) is 0 Å². The molecule has 0 amide bonds. The maximum Gasteiger partial charge on any atom is 0.0654 e. The molecule has 1 saturated carbocycles. The first-order chi connectivity index (χ1) is 9.71. The summed E-state index contributed by atoms with van der Waals surface area (Å²) in [5, 5.41) is 0. The van der Waals surface area contributed by atoms with Gasteiger partial charge in [-0.2, -0.15) is 0 Å². The Hall–Kier alpha value is -0.600. The summed E-state index contributed by atoms with van der Waals surface area (Å²) >= 11 is 0. The van der Waals surface area contributed by atoms with E-state index in [4.69, 9.17) is 4.74 Å². The molecule has 2 nitrogen and oxygen atoms in total.